The molecule has 4 nitrogen and oxygen atoms in total. The lowest BCUT2D eigenvalue weighted by Crippen LogP contribution is -2.16. The second kappa shape index (κ2) is 10.5. The molecule has 0 saturated carbocycles. The lowest BCUT2D eigenvalue weighted by molar-refractivity contribution is -0.139. The molecule has 0 aromatic rings. The van der Waals surface area contributed by atoms with Gasteiger partial charge in [-0.2, -0.15) is 0 Å². The third kappa shape index (κ3) is 9.49. The van der Waals surface area contributed by atoms with Crippen LogP contribution in [0.2, 0.25) is 0 Å². The van der Waals surface area contributed by atoms with Gasteiger partial charge in [0.15, 0.2) is 6.40 Å². The van der Waals surface area contributed by atoms with E-state index in [0.717, 1.165) is 25.7 Å². The number of aliphatic carboxylic acids is 1. The molecule has 2 N–H and O–H groups in total. The van der Waals surface area contributed by atoms with E-state index in [0.29, 0.717) is 0 Å². The van der Waals surface area contributed by atoms with Crippen LogP contribution in [-0.2, 0) is 9.53 Å². The number of unbranched alkanes of at least 4 members (excludes halogenated alkanes) is 5. The van der Waals surface area contributed by atoms with Crippen molar-refractivity contribution in [3.8, 4) is 0 Å². The Kier molecular flexibility index (Phi) is 9.76. The van der Waals surface area contributed by atoms with Crippen molar-refractivity contribution in [2.24, 2.45) is 0 Å². The summed E-state index contributed by atoms with van der Waals surface area (Å²) in [7, 11) is 0. The molecule has 94 valence electrons. The highest BCUT2D eigenvalue weighted by atomic mass is 16.5. The minimum absolute atomic E-state index is 0.00958. The first-order chi connectivity index (χ1) is 7.70. The minimum atomic E-state index is -0.863. The molecule has 0 aromatic heterocycles. The molecule has 1 atom stereocenters. The number of carboxylic acids is 1. The summed E-state index contributed by atoms with van der Waals surface area (Å²) in [6.07, 6.45) is 8.30. The van der Waals surface area contributed by atoms with E-state index in [1.54, 1.807) is 0 Å². The molecular formula is C12H23NO3. The molecule has 0 bridgehead atoms. The molecule has 16 heavy (non-hydrogen) atoms. The predicted molar refractivity (Wildman–Crippen MR) is 63.9 cm³/mol. The zero-order valence-corrected chi connectivity index (χ0v) is 10.1. The number of rotatable bonds is 11. The Hall–Kier alpha value is -1.06. The van der Waals surface area contributed by atoms with Gasteiger partial charge in [0.1, 0.15) is 6.10 Å². The van der Waals surface area contributed by atoms with Crippen LogP contribution in [0.25, 0.3) is 0 Å². The second-order valence-corrected chi connectivity index (χ2v) is 4.03. The first kappa shape index (κ1) is 14.9. The van der Waals surface area contributed by atoms with E-state index in [9.17, 15) is 4.79 Å². The van der Waals surface area contributed by atoms with Gasteiger partial charge in [0.2, 0.25) is 0 Å². The number of hydrogen-bond donors (Lipinski definition) is 2. The third-order valence-electron chi connectivity index (χ3n) is 2.54. The largest absolute Gasteiger partial charge is 0.481 e. The van der Waals surface area contributed by atoms with E-state index in [-0.39, 0.29) is 12.5 Å². The molecule has 0 spiro atoms. The fourth-order valence-electron chi connectivity index (χ4n) is 1.66. The van der Waals surface area contributed by atoms with Crippen LogP contribution in [0.4, 0.5) is 0 Å². The zero-order valence-electron chi connectivity index (χ0n) is 10.1. The zero-order chi connectivity index (χ0) is 12.2. The Morgan fingerprint density at radius 3 is 2.50 bits per heavy atom. The van der Waals surface area contributed by atoms with Crippen molar-refractivity contribution in [1.82, 2.24) is 0 Å². The van der Waals surface area contributed by atoms with Gasteiger partial charge in [-0.05, 0) is 12.8 Å². The maximum absolute atomic E-state index is 10.5. The summed E-state index contributed by atoms with van der Waals surface area (Å²) in [5, 5.41) is 15.4. The Bertz CT molecular complexity index is 195. The molecule has 0 aliphatic heterocycles. The predicted octanol–water partition coefficient (Wildman–Crippen LogP) is 3.20. The van der Waals surface area contributed by atoms with E-state index in [4.69, 9.17) is 15.3 Å². The highest BCUT2D eigenvalue weighted by Crippen LogP contribution is 2.12. The van der Waals surface area contributed by atoms with Gasteiger partial charge in [-0.1, -0.05) is 39.0 Å². The molecule has 0 aliphatic carbocycles. The van der Waals surface area contributed by atoms with Crippen LogP contribution in [0.15, 0.2) is 0 Å². The second-order valence-electron chi connectivity index (χ2n) is 4.03. The Morgan fingerprint density at radius 2 is 1.94 bits per heavy atom. The number of carbonyl (C=O) groups is 1. The van der Waals surface area contributed by atoms with Crippen molar-refractivity contribution in [3.05, 3.63) is 0 Å². The standard InChI is InChI=1S/C12H23NO3/c1-2-3-4-5-6-7-8-11(16-10-13)9-12(14)15/h10-11,13H,2-9H2,1H3,(H,14,15). The lowest BCUT2D eigenvalue weighted by Gasteiger charge is -2.13. The fraction of sp³-hybridized carbons (Fsp3) is 0.833. The first-order valence-corrected chi connectivity index (χ1v) is 6.06. The van der Waals surface area contributed by atoms with Crippen LogP contribution in [0.3, 0.4) is 0 Å². The average molecular weight is 229 g/mol. The summed E-state index contributed by atoms with van der Waals surface area (Å²) in [5.41, 5.74) is 0. The molecule has 0 saturated heterocycles. The lowest BCUT2D eigenvalue weighted by atomic mass is 10.1. The average Bonchev–Trinajstić information content (AvgIpc) is 2.22. The molecule has 0 rings (SSSR count). The van der Waals surface area contributed by atoms with Gasteiger partial charge in [-0.15, -0.1) is 0 Å². The molecule has 0 aromatic carbocycles. The maximum atomic E-state index is 10.5. The van der Waals surface area contributed by atoms with Crippen LogP contribution in [-0.4, -0.2) is 23.6 Å². The van der Waals surface area contributed by atoms with Crippen molar-refractivity contribution in [3.63, 3.8) is 0 Å². The van der Waals surface area contributed by atoms with E-state index in [1.807, 2.05) is 0 Å². The Balaban J connectivity index is 3.51. The molecular weight excluding hydrogens is 206 g/mol. The van der Waals surface area contributed by atoms with Gasteiger partial charge in [0.05, 0.1) is 6.42 Å². The van der Waals surface area contributed by atoms with Crippen LogP contribution in [0.5, 0.6) is 0 Å². The monoisotopic (exact) mass is 229 g/mol. The van der Waals surface area contributed by atoms with Crippen LogP contribution in [0, 0.1) is 5.41 Å². The number of hydrogen-bond acceptors (Lipinski definition) is 3. The van der Waals surface area contributed by atoms with Crippen molar-refractivity contribution >= 4 is 12.4 Å². The van der Waals surface area contributed by atoms with Crippen LogP contribution >= 0.6 is 0 Å². The molecule has 0 heterocycles. The Labute approximate surface area is 97.5 Å². The van der Waals surface area contributed by atoms with Gasteiger partial charge >= 0.3 is 5.97 Å². The number of nitrogens with one attached hydrogen (secondary N) is 1. The number of carboxylic acid groups (broad SMARTS) is 1. The number of ether oxygens (including phenoxy) is 1. The first-order valence-electron chi connectivity index (χ1n) is 6.06. The Morgan fingerprint density at radius 1 is 1.31 bits per heavy atom. The smallest absolute Gasteiger partial charge is 0.307 e. The van der Waals surface area contributed by atoms with Crippen LogP contribution < -0.4 is 0 Å². The van der Waals surface area contributed by atoms with Gasteiger partial charge in [-0.3, -0.25) is 10.2 Å². The van der Waals surface area contributed by atoms with E-state index >= 15 is 0 Å². The van der Waals surface area contributed by atoms with Gasteiger partial charge in [0, 0.05) is 0 Å². The van der Waals surface area contributed by atoms with Crippen molar-refractivity contribution < 1.29 is 14.6 Å². The van der Waals surface area contributed by atoms with Gasteiger partial charge in [-0.25, -0.2) is 0 Å². The van der Waals surface area contributed by atoms with Crippen molar-refractivity contribution in [2.45, 2.75) is 64.4 Å². The van der Waals surface area contributed by atoms with E-state index in [1.165, 1.54) is 25.7 Å². The summed E-state index contributed by atoms with van der Waals surface area (Å²) in [4.78, 5) is 10.5. The maximum Gasteiger partial charge on any atom is 0.307 e. The SMILES string of the molecule is CCCCCCCCC(CC(=O)O)OC=N. The normalized spacial score (nSPS) is 12.1. The van der Waals surface area contributed by atoms with Crippen LogP contribution in [0.1, 0.15) is 58.3 Å². The van der Waals surface area contributed by atoms with Gasteiger partial charge < -0.3 is 9.84 Å². The molecule has 1 unspecified atom stereocenters. The van der Waals surface area contributed by atoms with E-state index < -0.39 is 5.97 Å². The molecule has 0 amide bonds. The quantitative estimate of drug-likeness (QED) is 0.324. The molecule has 0 aliphatic rings. The van der Waals surface area contributed by atoms with Crippen molar-refractivity contribution in [1.29, 1.82) is 5.41 Å². The highest BCUT2D eigenvalue weighted by molar-refractivity contribution is 5.67. The fourth-order valence-corrected chi connectivity index (χ4v) is 1.66. The summed E-state index contributed by atoms with van der Waals surface area (Å²) in [6.45, 7) is 2.18. The van der Waals surface area contributed by atoms with Crippen molar-refractivity contribution in [2.75, 3.05) is 0 Å². The molecule has 0 fully saturated rings. The van der Waals surface area contributed by atoms with E-state index in [2.05, 4.69) is 6.92 Å². The summed E-state index contributed by atoms with van der Waals surface area (Å²) < 4.78 is 4.94. The minimum Gasteiger partial charge on any atom is -0.481 e. The highest BCUT2D eigenvalue weighted by Gasteiger charge is 2.12. The van der Waals surface area contributed by atoms with Gasteiger partial charge in [0.25, 0.3) is 0 Å². The summed E-state index contributed by atoms with van der Waals surface area (Å²) in [5.74, 6) is -0.863. The molecule has 4 heteroatoms. The third-order valence-corrected chi connectivity index (χ3v) is 2.54. The topological polar surface area (TPSA) is 70.4 Å². The molecule has 0 radical (unpaired) electrons. The summed E-state index contributed by atoms with van der Waals surface area (Å²) >= 11 is 0. The summed E-state index contributed by atoms with van der Waals surface area (Å²) in [6, 6.07) is 0.